The molecule has 3 rings (SSSR count). The average Bonchev–Trinajstić information content (AvgIpc) is 3.71. The van der Waals surface area contributed by atoms with Gasteiger partial charge in [-0.2, -0.15) is 0 Å². The third-order valence-electron chi connectivity index (χ3n) is 11.9. The molecule has 1 aliphatic rings. The molecule has 2 unspecified atom stereocenters. The highest BCUT2D eigenvalue weighted by atomic mass is 16.5. The summed E-state index contributed by atoms with van der Waals surface area (Å²) in [6.07, 6.45) is 1.78. The minimum absolute atomic E-state index is 0.00128. The minimum atomic E-state index is -0.895. The number of carbonyl (C=O) groups is 5. The zero-order chi connectivity index (χ0) is 43.8. The number of methoxy groups -OCH3 is 3. The highest BCUT2D eigenvalue weighted by Gasteiger charge is 2.42. The SMILES string of the molecule is CC[C@H](C)C([C@@H](CC(=O)N1CCC[C@H]1[C@H](OC)[C@@H](C)C(=O)N[C@@H](Cc1ccccc1)C(=O)OC)OC)N(C)C(=O)CNC(=O)C(C(C)C)N(C)CCc1ccc(N)cc1. The summed E-state index contributed by atoms with van der Waals surface area (Å²) in [4.78, 5) is 73.2. The molecule has 1 aliphatic heterocycles. The summed E-state index contributed by atoms with van der Waals surface area (Å²) in [5, 5.41) is 5.74. The number of nitrogens with zero attached hydrogens (tertiary/aromatic N) is 3. The van der Waals surface area contributed by atoms with Crippen molar-refractivity contribution >= 4 is 35.3 Å². The average molecular weight is 823 g/mol. The maximum atomic E-state index is 14.2. The second-order valence-electron chi connectivity index (χ2n) is 16.3. The van der Waals surface area contributed by atoms with E-state index >= 15 is 0 Å². The molecule has 4 amide bonds. The fraction of sp³-hybridized carbons (Fsp3) is 0.622. The monoisotopic (exact) mass is 823 g/mol. The molecule has 0 aromatic heterocycles. The van der Waals surface area contributed by atoms with Crippen molar-refractivity contribution in [2.45, 2.75) is 110 Å². The van der Waals surface area contributed by atoms with Gasteiger partial charge in [-0.1, -0.05) is 83.5 Å². The third kappa shape index (κ3) is 13.8. The van der Waals surface area contributed by atoms with Crippen molar-refractivity contribution in [1.29, 1.82) is 0 Å². The lowest BCUT2D eigenvalue weighted by molar-refractivity contribution is -0.148. The number of rotatable bonds is 23. The Morgan fingerprint density at radius 3 is 2.14 bits per heavy atom. The van der Waals surface area contributed by atoms with Crippen LogP contribution >= 0.6 is 0 Å². The van der Waals surface area contributed by atoms with Gasteiger partial charge in [0.25, 0.3) is 0 Å². The number of esters is 1. The van der Waals surface area contributed by atoms with Crippen molar-refractivity contribution < 1.29 is 38.2 Å². The zero-order valence-corrected chi connectivity index (χ0v) is 36.9. The molecule has 328 valence electrons. The molecule has 0 radical (unpaired) electrons. The van der Waals surface area contributed by atoms with Crippen molar-refractivity contribution in [3.8, 4) is 0 Å². The fourth-order valence-corrected chi connectivity index (χ4v) is 8.35. The number of likely N-dealkylation sites (tertiary alicyclic amines) is 1. The Bertz CT molecular complexity index is 1640. The Kier molecular flexibility index (Phi) is 19.8. The quantitative estimate of drug-likeness (QED) is 0.111. The van der Waals surface area contributed by atoms with Crippen molar-refractivity contribution in [3.05, 3.63) is 65.7 Å². The summed E-state index contributed by atoms with van der Waals surface area (Å²) in [5.41, 5.74) is 8.53. The van der Waals surface area contributed by atoms with E-state index in [1.165, 1.54) is 14.2 Å². The highest BCUT2D eigenvalue weighted by Crippen LogP contribution is 2.29. The zero-order valence-electron chi connectivity index (χ0n) is 36.9. The fourth-order valence-electron chi connectivity index (χ4n) is 8.35. The molecule has 2 aromatic carbocycles. The summed E-state index contributed by atoms with van der Waals surface area (Å²) in [5.74, 6) is -2.37. The Balaban J connectivity index is 1.68. The molecular formula is C45H70N6O8. The van der Waals surface area contributed by atoms with Gasteiger partial charge in [0.1, 0.15) is 6.04 Å². The van der Waals surface area contributed by atoms with Crippen LogP contribution in [0.5, 0.6) is 0 Å². The van der Waals surface area contributed by atoms with Crippen molar-refractivity contribution in [2.75, 3.05) is 60.8 Å². The highest BCUT2D eigenvalue weighted by molar-refractivity contribution is 5.88. The summed E-state index contributed by atoms with van der Waals surface area (Å²) in [7, 11) is 7.96. The molecule has 0 saturated carbocycles. The number of hydrogen-bond acceptors (Lipinski definition) is 10. The van der Waals surface area contributed by atoms with Crippen LogP contribution in [-0.4, -0.2) is 136 Å². The molecule has 59 heavy (non-hydrogen) atoms. The smallest absolute Gasteiger partial charge is 0.328 e. The lowest BCUT2D eigenvalue weighted by atomic mass is 9.90. The van der Waals surface area contributed by atoms with E-state index in [1.54, 1.807) is 30.9 Å². The van der Waals surface area contributed by atoms with Crippen LogP contribution in [0.1, 0.15) is 71.4 Å². The first-order valence-corrected chi connectivity index (χ1v) is 20.9. The number of nitrogens with two attached hydrogens (primary N) is 1. The van der Waals surface area contributed by atoms with Crippen LogP contribution in [-0.2, 0) is 51.0 Å². The van der Waals surface area contributed by atoms with E-state index in [9.17, 15) is 24.0 Å². The molecule has 14 heteroatoms. The van der Waals surface area contributed by atoms with E-state index in [2.05, 4.69) is 10.6 Å². The predicted octanol–water partition coefficient (Wildman–Crippen LogP) is 3.70. The van der Waals surface area contributed by atoms with Crippen molar-refractivity contribution in [3.63, 3.8) is 0 Å². The predicted molar refractivity (Wildman–Crippen MR) is 229 cm³/mol. The van der Waals surface area contributed by atoms with E-state index < -0.39 is 48.3 Å². The van der Waals surface area contributed by atoms with Gasteiger partial charge in [-0.3, -0.25) is 24.1 Å². The van der Waals surface area contributed by atoms with Gasteiger partial charge < -0.3 is 40.4 Å². The van der Waals surface area contributed by atoms with Gasteiger partial charge in [0.15, 0.2) is 0 Å². The van der Waals surface area contributed by atoms with Gasteiger partial charge in [-0.15, -0.1) is 0 Å². The van der Waals surface area contributed by atoms with Gasteiger partial charge in [0.2, 0.25) is 23.6 Å². The molecule has 0 spiro atoms. The number of nitrogens with one attached hydrogen (secondary N) is 2. The largest absolute Gasteiger partial charge is 0.467 e. The van der Waals surface area contributed by atoms with E-state index in [0.29, 0.717) is 25.2 Å². The van der Waals surface area contributed by atoms with Gasteiger partial charge in [-0.05, 0) is 61.4 Å². The van der Waals surface area contributed by atoms with Gasteiger partial charge in [0.05, 0.1) is 56.3 Å². The van der Waals surface area contributed by atoms with Crippen LogP contribution < -0.4 is 16.4 Å². The third-order valence-corrected chi connectivity index (χ3v) is 11.9. The number of anilines is 1. The van der Waals surface area contributed by atoms with Crippen LogP contribution in [0.2, 0.25) is 0 Å². The Morgan fingerprint density at radius 1 is 0.898 bits per heavy atom. The van der Waals surface area contributed by atoms with Crippen LogP contribution in [0.4, 0.5) is 5.69 Å². The number of benzene rings is 2. The normalized spacial score (nSPS) is 17.7. The molecule has 1 heterocycles. The number of likely N-dealkylation sites (N-methyl/N-ethyl adjacent to an activating group) is 2. The van der Waals surface area contributed by atoms with E-state index in [0.717, 1.165) is 30.4 Å². The van der Waals surface area contributed by atoms with Crippen LogP contribution in [0.15, 0.2) is 54.6 Å². The Morgan fingerprint density at radius 2 is 1.56 bits per heavy atom. The molecule has 4 N–H and O–H groups in total. The molecule has 0 aliphatic carbocycles. The summed E-state index contributed by atoms with van der Waals surface area (Å²) < 4.78 is 16.9. The summed E-state index contributed by atoms with van der Waals surface area (Å²) >= 11 is 0. The van der Waals surface area contributed by atoms with Crippen molar-refractivity contribution in [2.24, 2.45) is 17.8 Å². The molecule has 2 aromatic rings. The topological polar surface area (TPSA) is 173 Å². The molecule has 0 bridgehead atoms. The molecule has 1 saturated heterocycles. The first-order chi connectivity index (χ1) is 28.1. The van der Waals surface area contributed by atoms with E-state index in [1.807, 2.05) is 94.2 Å². The first-order valence-electron chi connectivity index (χ1n) is 20.9. The Hall–Kier alpha value is -4.53. The number of carbonyl (C=O) groups excluding carboxylic acids is 5. The van der Waals surface area contributed by atoms with Gasteiger partial charge in [-0.25, -0.2) is 4.79 Å². The Labute approximate surface area is 351 Å². The molecule has 8 atom stereocenters. The maximum Gasteiger partial charge on any atom is 0.328 e. The first kappa shape index (κ1) is 48.8. The van der Waals surface area contributed by atoms with Crippen LogP contribution in [0.25, 0.3) is 0 Å². The number of ether oxygens (including phenoxy) is 3. The number of hydrogen-bond donors (Lipinski definition) is 3. The summed E-state index contributed by atoms with van der Waals surface area (Å²) in [6.45, 7) is 10.7. The van der Waals surface area contributed by atoms with Gasteiger partial charge >= 0.3 is 5.97 Å². The van der Waals surface area contributed by atoms with Crippen LogP contribution in [0, 0.1) is 17.8 Å². The summed E-state index contributed by atoms with van der Waals surface area (Å²) in [6, 6.07) is 14.9. The van der Waals surface area contributed by atoms with E-state index in [4.69, 9.17) is 19.9 Å². The lowest BCUT2D eigenvalue weighted by Crippen LogP contribution is -2.55. The lowest BCUT2D eigenvalue weighted by Gasteiger charge is -2.39. The second-order valence-corrected chi connectivity index (χ2v) is 16.3. The van der Waals surface area contributed by atoms with Crippen LogP contribution in [0.3, 0.4) is 0 Å². The second kappa shape index (κ2) is 23.9. The van der Waals surface area contributed by atoms with Crippen molar-refractivity contribution in [1.82, 2.24) is 25.3 Å². The van der Waals surface area contributed by atoms with E-state index in [-0.39, 0.29) is 54.9 Å². The standard InChI is InChI=1S/C45H70N6O8/c1-11-30(4)41(50(7)39(53)28-47-44(55)40(29(2)3)49(6)25-23-32-19-21-34(46)22-20-32)37(57-8)27-38(52)51-24-15-18-36(51)42(58-9)31(5)43(54)48-35(45(56)59-10)26-33-16-13-12-14-17-33/h12-14,16-17,19-22,29-31,35-37,40-42H,11,15,18,23-28,46H2,1-10H3,(H,47,55)(H,48,54)/t30-,31+,35-,36-,37+,40?,41?,42+/m0/s1. The molecular weight excluding hydrogens is 753 g/mol. The number of amides is 4. The maximum absolute atomic E-state index is 14.2. The molecule has 14 nitrogen and oxygen atoms in total. The van der Waals surface area contributed by atoms with Gasteiger partial charge in [0, 0.05) is 46.5 Å². The minimum Gasteiger partial charge on any atom is -0.467 e. The number of nitrogen functional groups attached to an aromatic ring is 1. The molecule has 1 fully saturated rings.